The zero-order valence-electron chi connectivity index (χ0n) is 10.2. The van der Waals surface area contributed by atoms with Gasteiger partial charge in [0.1, 0.15) is 0 Å². The van der Waals surface area contributed by atoms with Gasteiger partial charge in [-0.25, -0.2) is 0 Å². The van der Waals surface area contributed by atoms with Gasteiger partial charge in [-0.05, 0) is 39.5 Å². The van der Waals surface area contributed by atoms with Crippen molar-refractivity contribution in [2.75, 3.05) is 12.4 Å². The van der Waals surface area contributed by atoms with Crippen molar-refractivity contribution < 1.29 is 4.74 Å². The lowest BCUT2D eigenvalue weighted by atomic mass is 10.1. The van der Waals surface area contributed by atoms with Crippen molar-refractivity contribution in [3.05, 3.63) is 0 Å². The minimum Gasteiger partial charge on any atom is -0.371 e. The monoisotopic (exact) mass is 233 g/mol. The minimum atomic E-state index is 0.0839. The van der Waals surface area contributed by atoms with Gasteiger partial charge in [-0.2, -0.15) is 0 Å². The molecule has 1 fully saturated rings. The Labute approximate surface area is 98.7 Å². The van der Waals surface area contributed by atoms with E-state index in [2.05, 4.69) is 26.1 Å². The first-order chi connectivity index (χ1) is 7.07. The van der Waals surface area contributed by atoms with Gasteiger partial charge in [-0.1, -0.05) is 6.92 Å². The summed E-state index contributed by atoms with van der Waals surface area (Å²) in [6.07, 6.45) is 4.93. The van der Waals surface area contributed by atoms with Crippen LogP contribution >= 0.6 is 11.6 Å². The molecule has 1 saturated heterocycles. The van der Waals surface area contributed by atoms with Crippen molar-refractivity contribution in [1.82, 2.24) is 5.32 Å². The van der Waals surface area contributed by atoms with Gasteiger partial charge in [0.2, 0.25) is 0 Å². The van der Waals surface area contributed by atoms with E-state index in [-0.39, 0.29) is 5.60 Å². The van der Waals surface area contributed by atoms with Crippen LogP contribution in [0.3, 0.4) is 0 Å². The molecule has 0 amide bonds. The van der Waals surface area contributed by atoms with E-state index in [9.17, 15) is 0 Å². The largest absolute Gasteiger partial charge is 0.371 e. The van der Waals surface area contributed by atoms with Crippen LogP contribution in [0.1, 0.15) is 46.5 Å². The second kappa shape index (κ2) is 6.07. The van der Waals surface area contributed by atoms with Crippen LogP contribution in [0.15, 0.2) is 0 Å². The van der Waals surface area contributed by atoms with Crippen LogP contribution in [0.5, 0.6) is 0 Å². The van der Waals surface area contributed by atoms with Crippen molar-refractivity contribution in [2.45, 2.75) is 64.2 Å². The minimum absolute atomic E-state index is 0.0839. The summed E-state index contributed by atoms with van der Waals surface area (Å²) in [5.41, 5.74) is 0.0839. The first kappa shape index (κ1) is 13.3. The molecule has 1 aliphatic rings. The van der Waals surface area contributed by atoms with E-state index in [1.807, 2.05) is 0 Å². The molecule has 0 aromatic heterocycles. The lowest BCUT2D eigenvalue weighted by Gasteiger charge is -2.22. The highest BCUT2D eigenvalue weighted by molar-refractivity contribution is 6.17. The molecule has 0 aromatic rings. The molecule has 0 bridgehead atoms. The quantitative estimate of drug-likeness (QED) is 0.713. The molecule has 90 valence electrons. The number of ether oxygens (including phenoxy) is 1. The van der Waals surface area contributed by atoms with E-state index in [0.29, 0.717) is 12.1 Å². The van der Waals surface area contributed by atoms with Crippen LogP contribution in [0.4, 0.5) is 0 Å². The first-order valence-corrected chi connectivity index (χ1v) is 6.58. The fourth-order valence-corrected chi connectivity index (χ4v) is 2.37. The van der Waals surface area contributed by atoms with Gasteiger partial charge in [-0.3, -0.25) is 0 Å². The molecule has 3 heteroatoms. The molecule has 15 heavy (non-hydrogen) atoms. The number of hydrogen-bond acceptors (Lipinski definition) is 2. The van der Waals surface area contributed by atoms with Gasteiger partial charge < -0.3 is 10.1 Å². The SMILES string of the molecule is CCC(CCCl)NCC1CCC(C)(C)O1. The molecule has 2 atom stereocenters. The molecular weight excluding hydrogens is 210 g/mol. The summed E-state index contributed by atoms with van der Waals surface area (Å²) in [5, 5.41) is 3.54. The second-order valence-electron chi connectivity index (χ2n) is 5.03. The third-order valence-corrected chi connectivity index (χ3v) is 3.36. The van der Waals surface area contributed by atoms with Gasteiger partial charge in [0.15, 0.2) is 0 Å². The predicted octanol–water partition coefficient (Wildman–Crippen LogP) is 2.94. The maximum atomic E-state index is 5.93. The van der Waals surface area contributed by atoms with Crippen LogP contribution < -0.4 is 5.32 Å². The maximum Gasteiger partial charge on any atom is 0.0707 e. The zero-order chi connectivity index (χ0) is 11.3. The van der Waals surface area contributed by atoms with Crippen molar-refractivity contribution in [3.8, 4) is 0 Å². The summed E-state index contributed by atoms with van der Waals surface area (Å²) >= 11 is 5.74. The molecule has 0 spiro atoms. The fourth-order valence-electron chi connectivity index (χ4n) is 2.10. The van der Waals surface area contributed by atoms with Crippen LogP contribution in [-0.4, -0.2) is 30.2 Å². The van der Waals surface area contributed by atoms with Crippen LogP contribution in [0.2, 0.25) is 0 Å². The summed E-state index contributed by atoms with van der Waals surface area (Å²) in [6.45, 7) is 7.51. The molecular formula is C12H24ClNO. The van der Waals surface area contributed by atoms with Gasteiger partial charge in [-0.15, -0.1) is 11.6 Å². The smallest absolute Gasteiger partial charge is 0.0707 e. The molecule has 1 aliphatic heterocycles. The molecule has 2 nitrogen and oxygen atoms in total. The normalized spacial score (nSPS) is 26.8. The lowest BCUT2D eigenvalue weighted by molar-refractivity contribution is -0.0152. The first-order valence-electron chi connectivity index (χ1n) is 6.04. The average Bonchev–Trinajstić information content (AvgIpc) is 2.53. The second-order valence-corrected chi connectivity index (χ2v) is 5.41. The molecule has 0 aromatic carbocycles. The molecule has 0 aliphatic carbocycles. The summed E-state index contributed by atoms with van der Waals surface area (Å²) in [5.74, 6) is 0.739. The van der Waals surface area contributed by atoms with Crippen LogP contribution in [-0.2, 0) is 4.74 Å². The highest BCUT2D eigenvalue weighted by Crippen LogP contribution is 2.28. The van der Waals surface area contributed by atoms with Gasteiger partial charge >= 0.3 is 0 Å². The number of halogens is 1. The summed E-state index contributed by atoms with van der Waals surface area (Å²) in [6, 6.07) is 0.551. The van der Waals surface area contributed by atoms with E-state index in [0.717, 1.165) is 25.3 Å². The molecule has 0 saturated carbocycles. The van der Waals surface area contributed by atoms with Gasteiger partial charge in [0.05, 0.1) is 11.7 Å². The molecule has 1 heterocycles. The lowest BCUT2D eigenvalue weighted by Crippen LogP contribution is -2.36. The topological polar surface area (TPSA) is 21.3 Å². The maximum absolute atomic E-state index is 5.93. The zero-order valence-corrected chi connectivity index (χ0v) is 10.9. The summed E-state index contributed by atoms with van der Waals surface area (Å²) in [4.78, 5) is 0. The number of hydrogen-bond donors (Lipinski definition) is 1. The highest BCUT2D eigenvalue weighted by Gasteiger charge is 2.31. The average molecular weight is 234 g/mol. The van der Waals surface area contributed by atoms with E-state index in [4.69, 9.17) is 16.3 Å². The van der Waals surface area contributed by atoms with E-state index in [1.165, 1.54) is 12.8 Å². The molecule has 1 N–H and O–H groups in total. The van der Waals surface area contributed by atoms with Crippen molar-refractivity contribution in [2.24, 2.45) is 0 Å². The standard InChI is InChI=1S/C12H24ClNO/c1-4-10(6-8-13)14-9-11-5-7-12(2,3)15-11/h10-11,14H,4-9H2,1-3H3. The fraction of sp³-hybridized carbons (Fsp3) is 1.00. The number of nitrogens with one attached hydrogen (secondary N) is 1. The van der Waals surface area contributed by atoms with Gasteiger partial charge in [0.25, 0.3) is 0 Å². The highest BCUT2D eigenvalue weighted by atomic mass is 35.5. The number of alkyl halides is 1. The van der Waals surface area contributed by atoms with Crippen molar-refractivity contribution >= 4 is 11.6 Å². The Kier molecular flexibility index (Phi) is 5.37. The molecule has 0 radical (unpaired) electrons. The van der Waals surface area contributed by atoms with Crippen LogP contribution in [0.25, 0.3) is 0 Å². The Hall–Kier alpha value is 0.210. The Morgan fingerprint density at radius 1 is 1.53 bits per heavy atom. The third-order valence-electron chi connectivity index (χ3n) is 3.14. The van der Waals surface area contributed by atoms with Crippen LogP contribution in [0, 0.1) is 0 Å². The Morgan fingerprint density at radius 2 is 2.27 bits per heavy atom. The van der Waals surface area contributed by atoms with Gasteiger partial charge in [0, 0.05) is 18.5 Å². The Balaban J connectivity index is 2.19. The number of rotatable bonds is 6. The molecule has 1 rings (SSSR count). The third kappa shape index (κ3) is 4.71. The molecule has 2 unspecified atom stereocenters. The van der Waals surface area contributed by atoms with E-state index >= 15 is 0 Å². The summed E-state index contributed by atoms with van der Waals surface area (Å²) < 4.78 is 5.93. The summed E-state index contributed by atoms with van der Waals surface area (Å²) in [7, 11) is 0. The Bertz CT molecular complexity index is 184. The predicted molar refractivity (Wildman–Crippen MR) is 65.6 cm³/mol. The van der Waals surface area contributed by atoms with Crippen molar-refractivity contribution in [3.63, 3.8) is 0 Å². The van der Waals surface area contributed by atoms with Crippen molar-refractivity contribution in [1.29, 1.82) is 0 Å². The Morgan fingerprint density at radius 3 is 2.73 bits per heavy atom. The van der Waals surface area contributed by atoms with E-state index in [1.54, 1.807) is 0 Å². The van der Waals surface area contributed by atoms with E-state index < -0.39 is 0 Å².